The minimum absolute atomic E-state index is 0.105. The maximum Gasteiger partial charge on any atom is 0.329 e. The van der Waals surface area contributed by atoms with E-state index in [1.165, 1.54) is 57.0 Å². The second kappa shape index (κ2) is 30.3. The Morgan fingerprint density at radius 1 is 0.617 bits per heavy atom. The number of rotatable bonds is 12. The first-order chi connectivity index (χ1) is 37.7. The number of esters is 1. The lowest BCUT2D eigenvalue weighted by atomic mass is 9.93. The van der Waals surface area contributed by atoms with Crippen molar-refractivity contribution in [1.29, 1.82) is 0 Å². The molecule has 23 heteroatoms. The molecule has 1 aromatic carbocycles. The van der Waals surface area contributed by atoms with E-state index in [0.29, 0.717) is 30.6 Å². The standard InChI is InChI=1S/C58H93N9O14/c1-19-36(12)48-56(77)65(16)45(32(4)5)50(71)59-30-42(68)63(14)46(33(6)7)51(72)60-39(28-37-23-25-38(80-18)26-24-37)58(79)81-49(35(10)11)57(78)67-27-21-20-22-40(67)53(74)64(15)47(34(8)9)52(73)61-44(31(2)3)55(76)62(13)41(29-43(69)70)54(75)66(48)17/h23-26,31-36,39-41,44-49H,19-22,27-30H2,1-18H3,(H,59,71)(H,60,72)(H,61,73)(H,69,70). The minimum Gasteiger partial charge on any atom is -0.497 e. The Balaban J connectivity index is 2.30. The average Bonchev–Trinajstić information content (AvgIpc) is 3.40. The van der Waals surface area contributed by atoms with Gasteiger partial charge in [-0.25, -0.2) is 4.79 Å². The summed E-state index contributed by atoms with van der Waals surface area (Å²) < 4.78 is 11.4. The van der Waals surface area contributed by atoms with E-state index >= 15 is 0 Å². The average molecular weight is 1140 g/mol. The molecular weight excluding hydrogens is 1050 g/mol. The predicted molar refractivity (Wildman–Crippen MR) is 301 cm³/mol. The van der Waals surface area contributed by atoms with Crippen molar-refractivity contribution in [3.05, 3.63) is 29.8 Å². The lowest BCUT2D eigenvalue weighted by molar-refractivity contribution is -0.169. The normalized spacial score (nSPS) is 26.3. The Hall–Kier alpha value is -6.81. The van der Waals surface area contributed by atoms with E-state index in [2.05, 4.69) is 16.0 Å². The maximum absolute atomic E-state index is 14.9. The number of amides is 9. The third-order valence-electron chi connectivity index (χ3n) is 15.7. The number of fused-ring (bicyclic) bond motifs is 1. The van der Waals surface area contributed by atoms with Crippen molar-refractivity contribution in [3.8, 4) is 5.75 Å². The molecular formula is C58H93N9O14. The van der Waals surface area contributed by atoms with Crippen molar-refractivity contribution in [2.45, 2.75) is 176 Å². The van der Waals surface area contributed by atoms with E-state index in [1.807, 2.05) is 0 Å². The topological polar surface area (TPSA) is 282 Å². The molecule has 0 aliphatic carbocycles. The molecule has 2 fully saturated rings. The Bertz CT molecular complexity index is 2410. The number of ether oxygens (including phenoxy) is 2. The van der Waals surface area contributed by atoms with Crippen LogP contribution in [0.4, 0.5) is 0 Å². The van der Waals surface area contributed by atoms with Gasteiger partial charge in [-0.15, -0.1) is 0 Å². The number of carboxylic acids is 1. The van der Waals surface area contributed by atoms with Gasteiger partial charge in [0, 0.05) is 48.2 Å². The van der Waals surface area contributed by atoms with Crippen LogP contribution in [0.25, 0.3) is 0 Å². The zero-order valence-corrected chi connectivity index (χ0v) is 51.1. The highest BCUT2D eigenvalue weighted by atomic mass is 16.6. The van der Waals surface area contributed by atoms with E-state index in [1.54, 1.807) is 107 Å². The minimum atomic E-state index is -1.69. The van der Waals surface area contributed by atoms with Crippen LogP contribution in [0, 0.1) is 35.5 Å². The number of carboxylic acid groups (broad SMARTS) is 1. The SMILES string of the molecule is CCC(C)C1C(=O)N(C)C(C(C)C)C(=O)NCC(=O)N(C)C(C(C)C)C(=O)NC(Cc2ccc(OC)cc2)C(=O)OC(C(C)C)C(=O)N2CCCCC2C(=O)N(C)C(C(C)C)C(=O)NC(C(C)C)C(=O)N(C)C(CC(=O)O)C(=O)N1C. The first-order valence-corrected chi connectivity index (χ1v) is 28.3. The van der Waals surface area contributed by atoms with Gasteiger partial charge in [0.15, 0.2) is 6.10 Å². The molecule has 0 radical (unpaired) electrons. The van der Waals surface area contributed by atoms with Gasteiger partial charge in [-0.1, -0.05) is 102 Å². The highest BCUT2D eigenvalue weighted by Crippen LogP contribution is 2.27. The highest BCUT2D eigenvalue weighted by molar-refractivity contribution is 5.99. The van der Waals surface area contributed by atoms with Gasteiger partial charge in [-0.2, -0.15) is 0 Å². The summed E-state index contributed by atoms with van der Waals surface area (Å²) in [6.07, 6.45) is -0.870. The Kier molecular flexibility index (Phi) is 25.6. The number of cyclic esters (lactones) is 1. The number of nitrogens with one attached hydrogen (secondary N) is 3. The van der Waals surface area contributed by atoms with Crippen molar-refractivity contribution in [3.63, 3.8) is 0 Å². The molecule has 0 bridgehead atoms. The first kappa shape index (κ1) is 68.5. The molecule has 0 saturated carbocycles. The molecule has 0 aromatic heterocycles. The van der Waals surface area contributed by atoms with Crippen molar-refractivity contribution in [1.82, 2.24) is 45.3 Å². The monoisotopic (exact) mass is 1140 g/mol. The van der Waals surface area contributed by atoms with Crippen molar-refractivity contribution < 1.29 is 67.3 Å². The van der Waals surface area contributed by atoms with Crippen molar-refractivity contribution in [2.75, 3.05) is 55.4 Å². The molecule has 2 aliphatic rings. The molecule has 9 amide bonds. The smallest absolute Gasteiger partial charge is 0.329 e. The molecule has 3 rings (SSSR count). The quantitative estimate of drug-likeness (QED) is 0.219. The molecule has 0 spiro atoms. The van der Waals surface area contributed by atoms with Gasteiger partial charge in [0.05, 0.1) is 20.1 Å². The fourth-order valence-corrected chi connectivity index (χ4v) is 10.9. The summed E-state index contributed by atoms with van der Waals surface area (Å²) in [7, 11) is 8.22. The number of hydrogen-bond acceptors (Lipinski definition) is 13. The lowest BCUT2D eigenvalue weighted by Crippen LogP contribution is -2.63. The number of nitrogens with zero attached hydrogens (tertiary/aromatic N) is 6. The molecule has 4 N–H and O–H groups in total. The molecule has 1 aromatic rings. The van der Waals surface area contributed by atoms with Crippen LogP contribution in [0.2, 0.25) is 0 Å². The van der Waals surface area contributed by atoms with E-state index in [4.69, 9.17) is 9.47 Å². The van der Waals surface area contributed by atoms with Crippen LogP contribution in [-0.2, 0) is 63.9 Å². The van der Waals surface area contributed by atoms with Crippen LogP contribution in [0.1, 0.15) is 121 Å². The zero-order valence-electron chi connectivity index (χ0n) is 51.1. The number of benzene rings is 1. The second-order valence-corrected chi connectivity index (χ2v) is 23.5. The van der Waals surface area contributed by atoms with Crippen LogP contribution in [-0.4, -0.2) is 209 Å². The first-order valence-electron chi connectivity index (χ1n) is 28.3. The number of aliphatic carboxylic acids is 1. The largest absolute Gasteiger partial charge is 0.497 e. The molecule has 10 unspecified atom stereocenters. The summed E-state index contributed by atoms with van der Waals surface area (Å²) in [5, 5.41) is 18.4. The number of piperidine rings is 1. The van der Waals surface area contributed by atoms with Gasteiger partial charge in [-0.05, 0) is 72.5 Å². The van der Waals surface area contributed by atoms with Gasteiger partial charge in [0.1, 0.15) is 54.1 Å². The van der Waals surface area contributed by atoms with Crippen molar-refractivity contribution >= 4 is 65.1 Å². The summed E-state index contributed by atoms with van der Waals surface area (Å²) in [5.41, 5.74) is 0.583. The summed E-state index contributed by atoms with van der Waals surface area (Å²) in [6.45, 7) is 19.8. The van der Waals surface area contributed by atoms with E-state index < -0.39 is 168 Å². The molecule has 2 aliphatic heterocycles. The zero-order chi connectivity index (χ0) is 61.7. The Labute approximate surface area is 478 Å². The van der Waals surface area contributed by atoms with Crippen LogP contribution in [0.3, 0.4) is 0 Å². The van der Waals surface area contributed by atoms with Gasteiger partial charge in [0.2, 0.25) is 47.3 Å². The summed E-state index contributed by atoms with van der Waals surface area (Å²) in [5.74, 6) is -12.1. The third kappa shape index (κ3) is 17.1. The number of carbonyl (C=O) groups is 11. The second-order valence-electron chi connectivity index (χ2n) is 23.5. The number of carbonyl (C=O) groups excluding carboxylic acids is 10. The fourth-order valence-electron chi connectivity index (χ4n) is 10.9. The highest BCUT2D eigenvalue weighted by Gasteiger charge is 2.46. The van der Waals surface area contributed by atoms with Crippen molar-refractivity contribution in [2.24, 2.45) is 35.5 Å². The molecule has 454 valence electrons. The lowest BCUT2D eigenvalue weighted by Gasteiger charge is -2.41. The molecule has 23 nitrogen and oxygen atoms in total. The molecule has 2 heterocycles. The summed E-state index contributed by atoms with van der Waals surface area (Å²) in [6, 6.07) is -3.80. The Morgan fingerprint density at radius 3 is 1.64 bits per heavy atom. The number of hydrogen-bond donors (Lipinski definition) is 4. The predicted octanol–water partition coefficient (Wildman–Crippen LogP) is 2.57. The van der Waals surface area contributed by atoms with E-state index in [0.717, 1.165) is 14.7 Å². The van der Waals surface area contributed by atoms with Crippen LogP contribution in [0.15, 0.2) is 24.3 Å². The van der Waals surface area contributed by atoms with Gasteiger partial charge >= 0.3 is 11.9 Å². The number of methoxy groups -OCH3 is 1. The Morgan fingerprint density at radius 2 is 1.14 bits per heavy atom. The molecule has 81 heavy (non-hydrogen) atoms. The summed E-state index contributed by atoms with van der Waals surface area (Å²) in [4.78, 5) is 166. The molecule has 2 saturated heterocycles. The molecule has 10 atom stereocenters. The summed E-state index contributed by atoms with van der Waals surface area (Å²) >= 11 is 0. The van der Waals surface area contributed by atoms with Gasteiger partial charge in [-0.3, -0.25) is 47.9 Å². The number of likely N-dealkylation sites (N-methyl/N-ethyl adjacent to an activating group) is 5. The van der Waals surface area contributed by atoms with E-state index in [-0.39, 0.29) is 19.4 Å². The van der Waals surface area contributed by atoms with Gasteiger partial charge < -0.3 is 59.9 Å². The fraction of sp³-hybridized carbons (Fsp3) is 0.707. The third-order valence-corrected chi connectivity index (χ3v) is 15.7. The van der Waals surface area contributed by atoms with E-state index in [9.17, 15) is 57.8 Å². The van der Waals surface area contributed by atoms with Crippen LogP contribution >= 0.6 is 0 Å². The van der Waals surface area contributed by atoms with Crippen LogP contribution < -0.4 is 20.7 Å². The van der Waals surface area contributed by atoms with Gasteiger partial charge in [0.25, 0.3) is 5.91 Å². The maximum atomic E-state index is 14.9. The van der Waals surface area contributed by atoms with Crippen LogP contribution in [0.5, 0.6) is 5.75 Å².